The smallest absolute Gasteiger partial charge is 0.335 e. The number of amides is 1. The van der Waals surface area contributed by atoms with Crippen molar-refractivity contribution >= 4 is 23.3 Å². The molecule has 0 aliphatic rings. The molecule has 0 radical (unpaired) electrons. The van der Waals surface area contributed by atoms with E-state index in [4.69, 9.17) is 9.84 Å². The fourth-order valence-electron chi connectivity index (χ4n) is 3.43. The molecule has 0 saturated carbocycles. The van der Waals surface area contributed by atoms with Gasteiger partial charge in [0.1, 0.15) is 18.1 Å². The lowest BCUT2D eigenvalue weighted by atomic mass is 10.0. The highest BCUT2D eigenvalue weighted by molar-refractivity contribution is 6.05. The van der Waals surface area contributed by atoms with Crippen molar-refractivity contribution in [3.8, 4) is 11.5 Å². The molecule has 7 heteroatoms. The Morgan fingerprint density at radius 3 is 2.39 bits per heavy atom. The molecule has 0 fully saturated rings. The zero-order chi connectivity index (χ0) is 24.0. The SMILES string of the molecule is CCCc1c(OCc2cccc(NC(=O)c3cccc(C(=O)O)c3)c2)ccc(C(C)=O)c1O. The van der Waals surface area contributed by atoms with Crippen LogP contribution in [0.15, 0.2) is 60.7 Å². The molecule has 7 nitrogen and oxygen atoms in total. The molecular formula is C26H25NO6. The number of rotatable bonds is 9. The third-order valence-corrected chi connectivity index (χ3v) is 5.07. The summed E-state index contributed by atoms with van der Waals surface area (Å²) >= 11 is 0. The van der Waals surface area contributed by atoms with E-state index in [0.29, 0.717) is 23.4 Å². The number of nitrogens with one attached hydrogen (secondary N) is 1. The van der Waals surface area contributed by atoms with Crippen LogP contribution in [0.3, 0.4) is 0 Å². The number of carbonyl (C=O) groups excluding carboxylic acids is 2. The highest BCUT2D eigenvalue weighted by Crippen LogP contribution is 2.33. The van der Waals surface area contributed by atoms with Crippen LogP contribution in [-0.2, 0) is 13.0 Å². The Balaban J connectivity index is 1.74. The van der Waals surface area contributed by atoms with E-state index in [2.05, 4.69) is 5.32 Å². The summed E-state index contributed by atoms with van der Waals surface area (Å²) < 4.78 is 5.93. The van der Waals surface area contributed by atoms with Gasteiger partial charge in [0.05, 0.1) is 11.1 Å². The maximum Gasteiger partial charge on any atom is 0.335 e. The first-order chi connectivity index (χ1) is 15.8. The summed E-state index contributed by atoms with van der Waals surface area (Å²) in [5.41, 5.74) is 2.44. The molecule has 3 aromatic carbocycles. The molecule has 0 aliphatic carbocycles. The minimum atomic E-state index is -1.10. The lowest BCUT2D eigenvalue weighted by Gasteiger charge is -2.15. The van der Waals surface area contributed by atoms with Crippen LogP contribution in [0.2, 0.25) is 0 Å². The van der Waals surface area contributed by atoms with Gasteiger partial charge in [-0.15, -0.1) is 0 Å². The van der Waals surface area contributed by atoms with Crippen molar-refractivity contribution in [2.45, 2.75) is 33.3 Å². The van der Waals surface area contributed by atoms with Crippen LogP contribution >= 0.6 is 0 Å². The Hall–Kier alpha value is -4.13. The van der Waals surface area contributed by atoms with E-state index in [1.807, 2.05) is 13.0 Å². The number of aromatic carboxylic acids is 1. The van der Waals surface area contributed by atoms with E-state index < -0.39 is 11.9 Å². The minimum Gasteiger partial charge on any atom is -0.507 e. The maximum atomic E-state index is 12.5. The van der Waals surface area contributed by atoms with Gasteiger partial charge in [0.15, 0.2) is 5.78 Å². The molecule has 0 heterocycles. The number of hydrogen-bond acceptors (Lipinski definition) is 5. The predicted octanol–water partition coefficient (Wildman–Crippen LogP) is 5.08. The Labute approximate surface area is 191 Å². The molecule has 33 heavy (non-hydrogen) atoms. The molecule has 0 unspecified atom stereocenters. The van der Waals surface area contributed by atoms with Crippen LogP contribution < -0.4 is 10.1 Å². The number of ether oxygens (including phenoxy) is 1. The predicted molar refractivity (Wildman–Crippen MR) is 124 cm³/mol. The topological polar surface area (TPSA) is 113 Å². The summed E-state index contributed by atoms with van der Waals surface area (Å²) in [5, 5.41) is 22.4. The number of hydrogen-bond donors (Lipinski definition) is 3. The summed E-state index contributed by atoms with van der Waals surface area (Å²) in [7, 11) is 0. The molecular weight excluding hydrogens is 422 g/mol. The normalized spacial score (nSPS) is 10.5. The fourth-order valence-corrected chi connectivity index (χ4v) is 3.43. The first-order valence-corrected chi connectivity index (χ1v) is 10.5. The standard InChI is InChI=1S/C26H25NO6/c1-3-6-22-23(12-11-21(16(2)28)24(22)29)33-15-17-7-4-10-20(13-17)27-25(30)18-8-5-9-19(14-18)26(31)32/h4-5,7-14,29H,3,6,15H2,1-2H3,(H,27,30)(H,31,32). The average molecular weight is 447 g/mol. The van der Waals surface area contributed by atoms with Crippen molar-refractivity contribution in [1.29, 1.82) is 0 Å². The van der Waals surface area contributed by atoms with Gasteiger partial charge < -0.3 is 20.3 Å². The maximum absolute atomic E-state index is 12.5. The second kappa shape index (κ2) is 10.5. The van der Waals surface area contributed by atoms with E-state index in [0.717, 1.165) is 12.0 Å². The van der Waals surface area contributed by atoms with Crippen LogP contribution in [-0.4, -0.2) is 27.9 Å². The van der Waals surface area contributed by atoms with Gasteiger partial charge >= 0.3 is 5.97 Å². The molecule has 0 spiro atoms. The van der Waals surface area contributed by atoms with Crippen molar-refractivity contribution in [3.05, 3.63) is 88.5 Å². The van der Waals surface area contributed by atoms with Crippen LogP contribution in [0.1, 0.15) is 62.5 Å². The molecule has 0 saturated heterocycles. The van der Waals surface area contributed by atoms with Crippen LogP contribution in [0.4, 0.5) is 5.69 Å². The Kier molecular flexibility index (Phi) is 7.46. The summed E-state index contributed by atoms with van der Waals surface area (Å²) in [4.78, 5) is 35.4. The third kappa shape index (κ3) is 5.77. The lowest BCUT2D eigenvalue weighted by Crippen LogP contribution is -2.13. The third-order valence-electron chi connectivity index (χ3n) is 5.07. The van der Waals surface area contributed by atoms with Crippen molar-refractivity contribution < 1.29 is 29.3 Å². The second-order valence-electron chi connectivity index (χ2n) is 7.57. The Morgan fingerprint density at radius 2 is 1.70 bits per heavy atom. The van der Waals surface area contributed by atoms with Gasteiger partial charge in [-0.05, 0) is 61.4 Å². The van der Waals surface area contributed by atoms with Crippen LogP contribution in [0, 0.1) is 0 Å². The zero-order valence-corrected chi connectivity index (χ0v) is 18.4. The summed E-state index contributed by atoms with van der Waals surface area (Å²) in [5.74, 6) is -1.29. The van der Waals surface area contributed by atoms with Gasteiger partial charge in [0.25, 0.3) is 5.91 Å². The summed E-state index contributed by atoms with van der Waals surface area (Å²) in [6.45, 7) is 3.57. The molecule has 0 bridgehead atoms. The minimum absolute atomic E-state index is 0.0340. The molecule has 0 aliphatic heterocycles. The van der Waals surface area contributed by atoms with Crippen LogP contribution in [0.5, 0.6) is 11.5 Å². The number of Topliss-reactive ketones (excluding diaryl/α,β-unsaturated/α-hetero) is 1. The van der Waals surface area contributed by atoms with Crippen molar-refractivity contribution in [2.75, 3.05) is 5.32 Å². The molecule has 3 aromatic rings. The number of carboxylic acid groups (broad SMARTS) is 1. The van der Waals surface area contributed by atoms with E-state index in [9.17, 15) is 19.5 Å². The number of ketones is 1. The van der Waals surface area contributed by atoms with Crippen molar-refractivity contribution in [3.63, 3.8) is 0 Å². The zero-order valence-electron chi connectivity index (χ0n) is 18.4. The first kappa shape index (κ1) is 23.5. The quantitative estimate of drug-likeness (QED) is 0.395. The molecule has 1 amide bonds. The number of anilines is 1. The lowest BCUT2D eigenvalue weighted by molar-refractivity contribution is 0.0696. The number of benzene rings is 3. The van der Waals surface area contributed by atoms with Crippen molar-refractivity contribution in [2.24, 2.45) is 0 Å². The van der Waals surface area contributed by atoms with E-state index >= 15 is 0 Å². The molecule has 0 aromatic heterocycles. The Morgan fingerprint density at radius 1 is 0.970 bits per heavy atom. The van der Waals surface area contributed by atoms with Gasteiger partial charge in [-0.1, -0.05) is 31.5 Å². The molecule has 170 valence electrons. The summed E-state index contributed by atoms with van der Waals surface area (Å²) in [6.07, 6.45) is 1.34. The monoisotopic (exact) mass is 447 g/mol. The van der Waals surface area contributed by atoms with Gasteiger partial charge in [-0.3, -0.25) is 9.59 Å². The number of carboxylic acids is 1. The fraction of sp³-hybridized carbons (Fsp3) is 0.192. The van der Waals surface area contributed by atoms with Gasteiger partial charge in [0.2, 0.25) is 0 Å². The van der Waals surface area contributed by atoms with Crippen LogP contribution in [0.25, 0.3) is 0 Å². The van der Waals surface area contributed by atoms with Gasteiger partial charge in [-0.2, -0.15) is 0 Å². The number of phenolic OH excluding ortho intramolecular Hbond substituents is 1. The molecule has 3 rings (SSSR count). The molecule has 0 atom stereocenters. The number of phenols is 1. The number of carbonyl (C=O) groups is 3. The van der Waals surface area contributed by atoms with Gasteiger partial charge in [-0.25, -0.2) is 4.79 Å². The van der Waals surface area contributed by atoms with Gasteiger partial charge in [0, 0.05) is 16.8 Å². The summed E-state index contributed by atoms with van der Waals surface area (Å²) in [6, 6.07) is 16.1. The average Bonchev–Trinajstić information content (AvgIpc) is 2.79. The first-order valence-electron chi connectivity index (χ1n) is 10.5. The molecule has 3 N–H and O–H groups in total. The highest BCUT2D eigenvalue weighted by atomic mass is 16.5. The van der Waals surface area contributed by atoms with Crippen molar-refractivity contribution in [1.82, 2.24) is 0 Å². The number of aromatic hydroxyl groups is 1. The second-order valence-corrected chi connectivity index (χ2v) is 7.57. The Bertz CT molecular complexity index is 1200. The van der Waals surface area contributed by atoms with E-state index in [1.165, 1.54) is 25.1 Å². The van der Waals surface area contributed by atoms with E-state index in [-0.39, 0.29) is 34.8 Å². The van der Waals surface area contributed by atoms with E-state index in [1.54, 1.807) is 36.4 Å². The highest BCUT2D eigenvalue weighted by Gasteiger charge is 2.16. The largest absolute Gasteiger partial charge is 0.507 e.